The molecule has 0 spiro atoms. The quantitative estimate of drug-likeness (QED) is 0.694. The van der Waals surface area contributed by atoms with Crippen molar-refractivity contribution in [1.29, 1.82) is 0 Å². The molecule has 3 rings (SSSR count). The summed E-state index contributed by atoms with van der Waals surface area (Å²) in [5.41, 5.74) is 2.98. The van der Waals surface area contributed by atoms with Gasteiger partial charge in [-0.05, 0) is 36.4 Å². The van der Waals surface area contributed by atoms with Crippen LogP contribution >= 0.6 is 0 Å². The lowest BCUT2D eigenvalue weighted by molar-refractivity contribution is -0.123. The molecule has 0 unspecified atom stereocenters. The van der Waals surface area contributed by atoms with Crippen molar-refractivity contribution in [3.63, 3.8) is 0 Å². The van der Waals surface area contributed by atoms with E-state index in [-0.39, 0.29) is 18.2 Å². The minimum Gasteiger partial charge on any atom is -0.378 e. The Kier molecular flexibility index (Phi) is 5.12. The maximum Gasteiger partial charge on any atom is 0.233 e. The van der Waals surface area contributed by atoms with Crippen LogP contribution in [0.1, 0.15) is 6.42 Å². The molecule has 1 heterocycles. The Morgan fingerprint density at radius 2 is 1.62 bits per heavy atom. The van der Waals surface area contributed by atoms with E-state index in [0.717, 1.165) is 11.1 Å². The number of hydrogen-bond donors (Lipinski definition) is 2. The van der Waals surface area contributed by atoms with Gasteiger partial charge in [-0.15, -0.1) is 0 Å². The molecule has 0 saturated heterocycles. The second kappa shape index (κ2) is 7.65. The third-order valence-corrected chi connectivity index (χ3v) is 3.90. The summed E-state index contributed by atoms with van der Waals surface area (Å²) in [6.45, 7) is 0. The molecule has 132 valence electrons. The average Bonchev–Trinajstić information content (AvgIpc) is 2.62. The maximum atomic E-state index is 12.2. The van der Waals surface area contributed by atoms with Gasteiger partial charge in [-0.25, -0.2) is 0 Å². The molecule has 6 heteroatoms. The van der Waals surface area contributed by atoms with Crippen molar-refractivity contribution in [3.05, 3.63) is 60.8 Å². The molecule has 6 nitrogen and oxygen atoms in total. The fourth-order valence-electron chi connectivity index (χ4n) is 2.59. The molecule has 0 saturated carbocycles. The van der Waals surface area contributed by atoms with Gasteiger partial charge < -0.3 is 15.5 Å². The first-order valence-electron chi connectivity index (χ1n) is 8.24. The Morgan fingerprint density at radius 1 is 0.923 bits per heavy atom. The highest BCUT2D eigenvalue weighted by Gasteiger charge is 2.12. The number of amides is 2. The molecule has 2 aromatic carbocycles. The van der Waals surface area contributed by atoms with E-state index >= 15 is 0 Å². The molecule has 0 radical (unpaired) electrons. The van der Waals surface area contributed by atoms with Gasteiger partial charge >= 0.3 is 0 Å². The zero-order chi connectivity index (χ0) is 18.5. The van der Waals surface area contributed by atoms with Gasteiger partial charge in [0.25, 0.3) is 0 Å². The lowest BCUT2D eigenvalue weighted by atomic mass is 10.2. The summed E-state index contributed by atoms with van der Waals surface area (Å²) >= 11 is 0. The summed E-state index contributed by atoms with van der Waals surface area (Å²) < 4.78 is 0. The minimum absolute atomic E-state index is 0.265. The van der Waals surface area contributed by atoms with Gasteiger partial charge in [-0.3, -0.25) is 14.6 Å². The van der Waals surface area contributed by atoms with Crippen LogP contribution < -0.4 is 15.5 Å². The predicted molar refractivity (Wildman–Crippen MR) is 104 cm³/mol. The molecule has 0 aliphatic rings. The SMILES string of the molecule is CN(C)c1ccc(NC(=O)CC(=O)Nc2cccc3cccnc23)cc1. The van der Waals surface area contributed by atoms with E-state index in [1.807, 2.05) is 55.4 Å². The molecule has 26 heavy (non-hydrogen) atoms. The fourth-order valence-corrected chi connectivity index (χ4v) is 2.59. The van der Waals surface area contributed by atoms with E-state index in [1.54, 1.807) is 24.4 Å². The number of rotatable bonds is 5. The van der Waals surface area contributed by atoms with Crippen LogP contribution in [-0.4, -0.2) is 30.9 Å². The second-order valence-corrected chi connectivity index (χ2v) is 6.10. The Hall–Kier alpha value is -3.41. The molecular weight excluding hydrogens is 328 g/mol. The largest absolute Gasteiger partial charge is 0.378 e. The Balaban J connectivity index is 1.61. The van der Waals surface area contributed by atoms with Gasteiger partial charge in [0.05, 0.1) is 11.2 Å². The standard InChI is InChI=1S/C20H20N4O2/c1-24(2)16-10-8-15(9-11-16)22-18(25)13-19(26)23-17-7-3-5-14-6-4-12-21-20(14)17/h3-12H,13H2,1-2H3,(H,22,25)(H,23,26). The van der Waals surface area contributed by atoms with Crippen LogP contribution in [0.15, 0.2) is 60.8 Å². The van der Waals surface area contributed by atoms with Crippen LogP contribution in [0.4, 0.5) is 17.1 Å². The molecule has 1 aromatic heterocycles. The number of aromatic nitrogens is 1. The molecule has 0 aliphatic carbocycles. The number of para-hydroxylation sites is 1. The lowest BCUT2D eigenvalue weighted by Gasteiger charge is -2.13. The number of anilines is 3. The number of nitrogens with zero attached hydrogens (tertiary/aromatic N) is 2. The topological polar surface area (TPSA) is 74.3 Å². The summed E-state index contributed by atoms with van der Waals surface area (Å²) in [5, 5.41) is 6.41. The Labute approximate surface area is 151 Å². The lowest BCUT2D eigenvalue weighted by Crippen LogP contribution is -2.21. The summed E-state index contributed by atoms with van der Waals surface area (Å²) in [7, 11) is 3.89. The summed E-state index contributed by atoms with van der Waals surface area (Å²) in [6.07, 6.45) is 1.40. The van der Waals surface area contributed by atoms with Crippen LogP contribution in [0, 0.1) is 0 Å². The van der Waals surface area contributed by atoms with Crippen LogP contribution in [0.3, 0.4) is 0 Å². The van der Waals surface area contributed by atoms with E-state index in [9.17, 15) is 9.59 Å². The zero-order valence-corrected chi connectivity index (χ0v) is 14.7. The highest BCUT2D eigenvalue weighted by Crippen LogP contribution is 2.21. The highest BCUT2D eigenvalue weighted by atomic mass is 16.2. The van der Waals surface area contributed by atoms with Crippen molar-refractivity contribution in [2.75, 3.05) is 29.6 Å². The highest BCUT2D eigenvalue weighted by molar-refractivity contribution is 6.10. The van der Waals surface area contributed by atoms with E-state index in [0.29, 0.717) is 16.9 Å². The number of carbonyl (C=O) groups excluding carboxylic acids is 2. The van der Waals surface area contributed by atoms with Crippen molar-refractivity contribution in [2.24, 2.45) is 0 Å². The molecular formula is C20H20N4O2. The molecule has 0 aliphatic heterocycles. The number of benzene rings is 2. The van der Waals surface area contributed by atoms with Crippen molar-refractivity contribution >= 4 is 39.8 Å². The van der Waals surface area contributed by atoms with Crippen LogP contribution in [0.25, 0.3) is 10.9 Å². The normalized spacial score (nSPS) is 10.4. The number of hydrogen-bond acceptors (Lipinski definition) is 4. The summed E-state index contributed by atoms with van der Waals surface area (Å²) in [5.74, 6) is -0.751. The monoisotopic (exact) mass is 348 g/mol. The number of fused-ring (bicyclic) bond motifs is 1. The Morgan fingerprint density at radius 3 is 2.35 bits per heavy atom. The van der Waals surface area contributed by atoms with Crippen LogP contribution in [-0.2, 0) is 9.59 Å². The van der Waals surface area contributed by atoms with Gasteiger partial charge in [-0.1, -0.05) is 18.2 Å². The van der Waals surface area contributed by atoms with E-state index < -0.39 is 0 Å². The first kappa shape index (κ1) is 17.4. The van der Waals surface area contributed by atoms with Gasteiger partial charge in [-0.2, -0.15) is 0 Å². The first-order chi connectivity index (χ1) is 12.5. The summed E-state index contributed by atoms with van der Waals surface area (Å²) in [6, 6.07) is 16.7. The average molecular weight is 348 g/mol. The van der Waals surface area contributed by atoms with E-state index in [2.05, 4.69) is 15.6 Å². The third-order valence-electron chi connectivity index (χ3n) is 3.90. The van der Waals surface area contributed by atoms with Gasteiger partial charge in [0.1, 0.15) is 6.42 Å². The maximum absolute atomic E-state index is 12.2. The number of carbonyl (C=O) groups is 2. The fraction of sp³-hybridized carbons (Fsp3) is 0.150. The molecule has 0 fully saturated rings. The zero-order valence-electron chi connectivity index (χ0n) is 14.7. The minimum atomic E-state index is -0.384. The number of nitrogens with one attached hydrogen (secondary N) is 2. The van der Waals surface area contributed by atoms with Crippen LogP contribution in [0.5, 0.6) is 0 Å². The predicted octanol–water partition coefficient (Wildman–Crippen LogP) is 3.27. The van der Waals surface area contributed by atoms with E-state index in [4.69, 9.17) is 0 Å². The van der Waals surface area contributed by atoms with Gasteiger partial charge in [0.15, 0.2) is 0 Å². The molecule has 2 amide bonds. The molecule has 0 bridgehead atoms. The van der Waals surface area contributed by atoms with E-state index in [1.165, 1.54) is 0 Å². The van der Waals surface area contributed by atoms with Crippen molar-refractivity contribution in [3.8, 4) is 0 Å². The van der Waals surface area contributed by atoms with Crippen molar-refractivity contribution in [2.45, 2.75) is 6.42 Å². The molecule has 0 atom stereocenters. The van der Waals surface area contributed by atoms with Crippen molar-refractivity contribution in [1.82, 2.24) is 4.98 Å². The third kappa shape index (κ3) is 4.16. The Bertz CT molecular complexity index is 931. The van der Waals surface area contributed by atoms with Crippen molar-refractivity contribution < 1.29 is 9.59 Å². The van der Waals surface area contributed by atoms with Gasteiger partial charge in [0.2, 0.25) is 11.8 Å². The smallest absolute Gasteiger partial charge is 0.233 e. The van der Waals surface area contributed by atoms with Crippen LogP contribution in [0.2, 0.25) is 0 Å². The molecule has 3 aromatic rings. The summed E-state index contributed by atoms with van der Waals surface area (Å²) in [4.78, 5) is 30.5. The first-order valence-corrected chi connectivity index (χ1v) is 8.24. The number of pyridine rings is 1. The van der Waals surface area contributed by atoms with Gasteiger partial charge in [0, 0.05) is 37.1 Å². The molecule has 2 N–H and O–H groups in total. The second-order valence-electron chi connectivity index (χ2n) is 6.10.